The van der Waals surface area contributed by atoms with E-state index in [1.54, 1.807) is 0 Å². The Morgan fingerprint density at radius 1 is 0.725 bits per heavy atom. The Balaban J connectivity index is 1.27. The smallest absolute Gasteiger partial charge is 0.426 e. The van der Waals surface area contributed by atoms with Crippen LogP contribution in [0.1, 0.15) is 88.2 Å². The van der Waals surface area contributed by atoms with Crippen LogP contribution in [-0.4, -0.2) is 0 Å². The molecule has 40 heavy (non-hydrogen) atoms. The molecule has 3 aromatic carbocycles. The van der Waals surface area contributed by atoms with Gasteiger partial charge in [-0.3, -0.25) is 0 Å². The summed E-state index contributed by atoms with van der Waals surface area (Å²) in [5, 5.41) is -0.531. The number of halogens is 7. The Morgan fingerprint density at radius 2 is 1.32 bits per heavy atom. The summed E-state index contributed by atoms with van der Waals surface area (Å²) in [6.45, 7) is 2.22. The maximum atomic E-state index is 15.1. The van der Waals surface area contributed by atoms with E-state index in [0.717, 1.165) is 37.0 Å². The summed E-state index contributed by atoms with van der Waals surface area (Å²) in [4.78, 5) is 0. The van der Waals surface area contributed by atoms with Gasteiger partial charge in [0.15, 0.2) is 17.5 Å². The van der Waals surface area contributed by atoms with Crippen molar-refractivity contribution in [2.24, 2.45) is 17.8 Å². The van der Waals surface area contributed by atoms with E-state index < -0.39 is 46.5 Å². The lowest BCUT2D eigenvalue weighted by Crippen LogP contribution is -2.26. The molecular formula is C32H33F7O. The Kier molecular flexibility index (Phi) is 8.35. The van der Waals surface area contributed by atoms with Crippen LogP contribution in [-0.2, 0) is 6.11 Å². The predicted octanol–water partition coefficient (Wildman–Crippen LogP) is 10.5. The number of rotatable bonds is 7. The van der Waals surface area contributed by atoms with Gasteiger partial charge in [0.05, 0.1) is 5.56 Å². The summed E-state index contributed by atoms with van der Waals surface area (Å²) >= 11 is 0. The maximum absolute atomic E-state index is 15.1. The lowest BCUT2D eigenvalue weighted by Gasteiger charge is -2.38. The van der Waals surface area contributed by atoms with Gasteiger partial charge in [0.1, 0.15) is 17.4 Å². The number of hydrogen-bond donors (Lipinski definition) is 0. The predicted molar refractivity (Wildman–Crippen MR) is 140 cm³/mol. The van der Waals surface area contributed by atoms with Crippen molar-refractivity contribution >= 4 is 10.8 Å². The summed E-state index contributed by atoms with van der Waals surface area (Å²) < 4.78 is 106. The summed E-state index contributed by atoms with van der Waals surface area (Å²) in [6, 6.07) is 4.66. The standard InChI is InChI=1S/C32H33F7O/c1-2-3-18-4-6-19(7-5-18)20-8-10-21(11-9-20)29-26(33)16-23(17-27(29)34)32(38,39)40-24-12-13-25-22(14-24)15-28(35)31(37)30(25)36/h12-21H,2-11H2,1H3. The van der Waals surface area contributed by atoms with E-state index in [1.807, 2.05) is 0 Å². The molecule has 0 N–H and O–H groups in total. The molecule has 0 saturated heterocycles. The number of alkyl halides is 2. The third-order valence-corrected chi connectivity index (χ3v) is 9.04. The Hall–Kier alpha value is -2.77. The van der Waals surface area contributed by atoms with E-state index in [2.05, 4.69) is 6.92 Å². The number of hydrogen-bond acceptors (Lipinski definition) is 1. The van der Waals surface area contributed by atoms with E-state index in [-0.39, 0.29) is 22.3 Å². The Morgan fingerprint density at radius 3 is 1.93 bits per heavy atom. The van der Waals surface area contributed by atoms with Gasteiger partial charge in [0.2, 0.25) is 0 Å². The molecule has 0 spiro atoms. The van der Waals surface area contributed by atoms with E-state index >= 15 is 8.78 Å². The first-order chi connectivity index (χ1) is 19.1. The summed E-state index contributed by atoms with van der Waals surface area (Å²) in [7, 11) is 0. The van der Waals surface area contributed by atoms with Crippen LogP contribution in [0, 0.1) is 46.8 Å². The van der Waals surface area contributed by atoms with Gasteiger partial charge in [-0.25, -0.2) is 22.0 Å². The highest BCUT2D eigenvalue weighted by molar-refractivity contribution is 5.84. The average molecular weight is 567 g/mol. The van der Waals surface area contributed by atoms with E-state index in [9.17, 15) is 22.0 Å². The molecule has 0 amide bonds. The monoisotopic (exact) mass is 566 g/mol. The number of ether oxygens (including phenoxy) is 1. The largest absolute Gasteiger partial charge is 0.429 e. The van der Waals surface area contributed by atoms with Gasteiger partial charge in [-0.15, -0.1) is 0 Å². The van der Waals surface area contributed by atoms with Gasteiger partial charge in [-0.1, -0.05) is 32.6 Å². The molecule has 3 aromatic rings. The molecule has 2 saturated carbocycles. The molecule has 0 aromatic heterocycles. The number of benzene rings is 3. The summed E-state index contributed by atoms with van der Waals surface area (Å²) in [5.41, 5.74) is -1.18. The Labute approximate surface area is 229 Å². The lowest BCUT2D eigenvalue weighted by molar-refractivity contribution is -0.185. The van der Waals surface area contributed by atoms with Crippen LogP contribution < -0.4 is 4.74 Å². The van der Waals surface area contributed by atoms with Gasteiger partial charge in [0.25, 0.3) is 0 Å². The molecule has 0 bridgehead atoms. The van der Waals surface area contributed by atoms with Gasteiger partial charge >= 0.3 is 6.11 Å². The number of fused-ring (bicyclic) bond motifs is 1. The van der Waals surface area contributed by atoms with E-state index in [0.29, 0.717) is 42.9 Å². The maximum Gasteiger partial charge on any atom is 0.426 e. The fourth-order valence-electron chi connectivity index (χ4n) is 6.93. The van der Waals surface area contributed by atoms with Crippen molar-refractivity contribution in [2.75, 3.05) is 0 Å². The molecule has 2 fully saturated rings. The molecule has 0 atom stereocenters. The first kappa shape index (κ1) is 28.7. The molecule has 2 aliphatic carbocycles. The second kappa shape index (κ2) is 11.6. The van der Waals surface area contributed by atoms with Crippen LogP contribution in [0.4, 0.5) is 30.7 Å². The van der Waals surface area contributed by atoms with Crippen molar-refractivity contribution in [3.63, 3.8) is 0 Å². The van der Waals surface area contributed by atoms with Gasteiger partial charge < -0.3 is 4.74 Å². The molecule has 0 heterocycles. The quantitative estimate of drug-likeness (QED) is 0.204. The van der Waals surface area contributed by atoms with Crippen molar-refractivity contribution in [3.05, 3.63) is 76.6 Å². The summed E-state index contributed by atoms with van der Waals surface area (Å²) in [6.07, 6.45) is 6.27. The fraction of sp³-hybridized carbons (Fsp3) is 0.500. The van der Waals surface area contributed by atoms with Crippen molar-refractivity contribution in [1.29, 1.82) is 0 Å². The minimum Gasteiger partial charge on any atom is -0.429 e. The van der Waals surface area contributed by atoms with Crippen molar-refractivity contribution in [3.8, 4) is 5.75 Å². The highest BCUT2D eigenvalue weighted by Gasteiger charge is 2.38. The minimum atomic E-state index is -4.14. The molecular weight excluding hydrogens is 533 g/mol. The molecule has 0 unspecified atom stereocenters. The van der Waals surface area contributed by atoms with Gasteiger partial charge in [0, 0.05) is 10.9 Å². The zero-order valence-corrected chi connectivity index (χ0v) is 22.4. The van der Waals surface area contributed by atoms with Crippen LogP contribution in [0.25, 0.3) is 10.8 Å². The highest BCUT2D eigenvalue weighted by atomic mass is 19.3. The zero-order valence-electron chi connectivity index (χ0n) is 22.4. The molecule has 0 radical (unpaired) electrons. The third-order valence-electron chi connectivity index (χ3n) is 9.04. The van der Waals surface area contributed by atoms with Crippen molar-refractivity contribution in [2.45, 2.75) is 83.2 Å². The van der Waals surface area contributed by atoms with E-state index in [1.165, 1.54) is 38.5 Å². The lowest BCUT2D eigenvalue weighted by atomic mass is 9.68. The van der Waals surface area contributed by atoms with Crippen LogP contribution >= 0.6 is 0 Å². The normalized spacial score (nSPS) is 23.9. The zero-order chi connectivity index (χ0) is 28.6. The van der Waals surface area contributed by atoms with Crippen LogP contribution in [0.2, 0.25) is 0 Å². The van der Waals surface area contributed by atoms with Crippen molar-refractivity contribution in [1.82, 2.24) is 0 Å². The average Bonchev–Trinajstić information content (AvgIpc) is 2.92. The second-order valence-corrected chi connectivity index (χ2v) is 11.5. The third kappa shape index (κ3) is 5.82. The molecule has 1 nitrogen and oxygen atoms in total. The van der Waals surface area contributed by atoms with Crippen LogP contribution in [0.5, 0.6) is 5.75 Å². The molecule has 216 valence electrons. The Bertz CT molecular complexity index is 1330. The molecule has 5 rings (SSSR count). The molecule has 0 aliphatic heterocycles. The minimum absolute atomic E-state index is 0.164. The van der Waals surface area contributed by atoms with Crippen LogP contribution in [0.15, 0.2) is 36.4 Å². The SMILES string of the molecule is CCCC1CCC(C2CCC(c3c(F)cc(C(F)(F)Oc4ccc5c(F)c(F)c(F)cc5c4)cc3F)CC2)CC1. The molecule has 2 aliphatic rings. The van der Waals surface area contributed by atoms with Gasteiger partial charge in [-0.05, 0) is 104 Å². The first-order valence-electron chi connectivity index (χ1n) is 14.2. The van der Waals surface area contributed by atoms with Gasteiger partial charge in [-0.2, -0.15) is 8.78 Å². The van der Waals surface area contributed by atoms with Crippen molar-refractivity contribution < 1.29 is 35.5 Å². The highest BCUT2D eigenvalue weighted by Crippen LogP contribution is 2.46. The summed E-state index contributed by atoms with van der Waals surface area (Å²) in [5.74, 6) is -5.56. The van der Waals surface area contributed by atoms with Crippen LogP contribution in [0.3, 0.4) is 0 Å². The fourth-order valence-corrected chi connectivity index (χ4v) is 6.93. The second-order valence-electron chi connectivity index (χ2n) is 11.5. The first-order valence-corrected chi connectivity index (χ1v) is 14.2. The topological polar surface area (TPSA) is 9.23 Å². The van der Waals surface area contributed by atoms with E-state index in [4.69, 9.17) is 4.74 Å². The molecule has 8 heteroatoms.